The van der Waals surface area contributed by atoms with Crippen molar-refractivity contribution in [3.63, 3.8) is 0 Å². The molecule has 104 valence electrons. The van der Waals surface area contributed by atoms with Gasteiger partial charge in [0.15, 0.2) is 0 Å². The second-order valence-electron chi connectivity index (χ2n) is 4.31. The number of aryl methyl sites for hydroxylation is 1. The molecule has 0 aromatic carbocycles. The van der Waals surface area contributed by atoms with E-state index in [1.54, 1.807) is 11.3 Å². The van der Waals surface area contributed by atoms with E-state index < -0.39 is 0 Å². The number of hydrogen-bond acceptors (Lipinski definition) is 5. The summed E-state index contributed by atoms with van der Waals surface area (Å²) < 4.78 is 0. The molecule has 0 fully saturated rings. The van der Waals surface area contributed by atoms with Crippen LogP contribution in [0.5, 0.6) is 0 Å². The molecular formula is C12H17N3O2S2. The predicted octanol–water partition coefficient (Wildman–Crippen LogP) is 1.79. The number of fused-ring (bicyclic) bond motifs is 1. The summed E-state index contributed by atoms with van der Waals surface area (Å²) >= 11 is 3.51. The minimum atomic E-state index is -0.0242. The monoisotopic (exact) mass is 299 g/mol. The number of carbonyl (C=O) groups is 1. The molecule has 2 heterocycles. The van der Waals surface area contributed by atoms with Gasteiger partial charge in [0.05, 0.1) is 4.88 Å². The van der Waals surface area contributed by atoms with Crippen molar-refractivity contribution in [2.75, 3.05) is 12.3 Å². The number of amides is 1. The van der Waals surface area contributed by atoms with E-state index in [1.165, 1.54) is 10.4 Å². The van der Waals surface area contributed by atoms with Gasteiger partial charge in [0.2, 0.25) is 0 Å². The van der Waals surface area contributed by atoms with Gasteiger partial charge in [0, 0.05) is 23.6 Å². The molecule has 1 aromatic heterocycles. The fraction of sp³-hybridized carbons (Fsp3) is 0.500. The quantitative estimate of drug-likeness (QED) is 0.254. The summed E-state index contributed by atoms with van der Waals surface area (Å²) in [4.78, 5) is 14.1. The van der Waals surface area contributed by atoms with E-state index in [1.807, 2.05) is 17.8 Å². The molecule has 1 amide bonds. The van der Waals surface area contributed by atoms with Crippen molar-refractivity contribution in [2.24, 2.45) is 10.9 Å². The van der Waals surface area contributed by atoms with Crippen LogP contribution in [0.25, 0.3) is 0 Å². The fourth-order valence-electron chi connectivity index (χ4n) is 1.87. The Kier molecular flexibility index (Phi) is 5.09. The summed E-state index contributed by atoms with van der Waals surface area (Å²) in [6.07, 6.45) is 2.22. The molecule has 0 radical (unpaired) electrons. The van der Waals surface area contributed by atoms with Gasteiger partial charge in [-0.3, -0.25) is 4.79 Å². The maximum absolute atomic E-state index is 12.0. The average molecular weight is 299 g/mol. The molecule has 0 saturated carbocycles. The third kappa shape index (κ3) is 3.87. The zero-order chi connectivity index (χ0) is 13.7. The smallest absolute Gasteiger partial charge is 0.261 e. The molecule has 0 unspecified atom stereocenters. The first-order valence-electron chi connectivity index (χ1n) is 6.14. The summed E-state index contributed by atoms with van der Waals surface area (Å²) in [5.41, 5.74) is 6.66. The highest BCUT2D eigenvalue weighted by Crippen LogP contribution is 2.31. The number of nitrogens with zero attached hydrogens (tertiary/aromatic N) is 1. The number of nitrogens with two attached hydrogens (primary N) is 1. The number of nitrogens with one attached hydrogen (secondary N) is 1. The standard InChI is InChI=1S/C12H17N3O2S2/c13-11(15-17)2-1-4-14-12(16)10-6-8-7-18-5-3-9(8)19-10/h6,17H,1-5,7H2,(H2,13,15)(H,14,16). The molecule has 19 heavy (non-hydrogen) atoms. The molecular weight excluding hydrogens is 282 g/mol. The third-order valence-corrected chi connectivity index (χ3v) is 5.12. The Hall–Kier alpha value is -1.21. The summed E-state index contributed by atoms with van der Waals surface area (Å²) in [7, 11) is 0. The van der Waals surface area contributed by atoms with E-state index in [0.29, 0.717) is 19.4 Å². The van der Waals surface area contributed by atoms with Gasteiger partial charge in [-0.1, -0.05) is 5.16 Å². The molecule has 1 aromatic rings. The third-order valence-electron chi connectivity index (χ3n) is 2.88. The van der Waals surface area contributed by atoms with Gasteiger partial charge in [-0.15, -0.1) is 11.3 Å². The van der Waals surface area contributed by atoms with Crippen molar-refractivity contribution < 1.29 is 10.0 Å². The van der Waals surface area contributed by atoms with Crippen LogP contribution < -0.4 is 11.1 Å². The van der Waals surface area contributed by atoms with Crippen molar-refractivity contribution in [1.29, 1.82) is 0 Å². The molecule has 7 heteroatoms. The summed E-state index contributed by atoms with van der Waals surface area (Å²) in [5.74, 6) is 2.33. The van der Waals surface area contributed by atoms with Crippen molar-refractivity contribution in [1.82, 2.24) is 5.32 Å². The van der Waals surface area contributed by atoms with Crippen molar-refractivity contribution in [2.45, 2.75) is 25.0 Å². The van der Waals surface area contributed by atoms with Crippen LogP contribution in [-0.2, 0) is 12.2 Å². The molecule has 5 nitrogen and oxygen atoms in total. The van der Waals surface area contributed by atoms with Crippen LogP contribution in [0, 0.1) is 0 Å². The fourth-order valence-corrected chi connectivity index (χ4v) is 4.16. The second-order valence-corrected chi connectivity index (χ2v) is 6.55. The number of oxime groups is 1. The molecule has 4 N–H and O–H groups in total. The van der Waals surface area contributed by atoms with Gasteiger partial charge in [-0.25, -0.2) is 0 Å². The number of thiophene rings is 1. The Morgan fingerprint density at radius 2 is 2.42 bits per heavy atom. The highest BCUT2D eigenvalue weighted by atomic mass is 32.2. The minimum Gasteiger partial charge on any atom is -0.409 e. The van der Waals surface area contributed by atoms with Crippen LogP contribution >= 0.6 is 23.1 Å². The first-order valence-corrected chi connectivity index (χ1v) is 8.11. The predicted molar refractivity (Wildman–Crippen MR) is 79.2 cm³/mol. The first-order chi connectivity index (χ1) is 9.20. The lowest BCUT2D eigenvalue weighted by molar-refractivity contribution is 0.0957. The van der Waals surface area contributed by atoms with Gasteiger partial charge in [0.1, 0.15) is 5.84 Å². The van der Waals surface area contributed by atoms with Crippen LogP contribution in [0.1, 0.15) is 33.0 Å². The summed E-state index contributed by atoms with van der Waals surface area (Å²) in [6, 6.07) is 2.00. The lowest BCUT2D eigenvalue weighted by atomic mass is 10.2. The van der Waals surface area contributed by atoms with E-state index in [-0.39, 0.29) is 11.7 Å². The largest absolute Gasteiger partial charge is 0.409 e. The molecule has 0 bridgehead atoms. The normalized spacial score (nSPS) is 15.1. The van der Waals surface area contributed by atoms with Crippen LogP contribution in [0.15, 0.2) is 11.2 Å². The molecule has 0 saturated heterocycles. The Bertz CT molecular complexity index is 462. The van der Waals surface area contributed by atoms with E-state index >= 15 is 0 Å². The van der Waals surface area contributed by atoms with E-state index in [4.69, 9.17) is 10.9 Å². The van der Waals surface area contributed by atoms with Crippen molar-refractivity contribution in [3.8, 4) is 0 Å². The van der Waals surface area contributed by atoms with E-state index in [2.05, 4.69) is 10.5 Å². The van der Waals surface area contributed by atoms with E-state index in [9.17, 15) is 4.79 Å². The lowest BCUT2D eigenvalue weighted by Crippen LogP contribution is -2.24. The van der Waals surface area contributed by atoms with Crippen LogP contribution in [0.3, 0.4) is 0 Å². The van der Waals surface area contributed by atoms with Gasteiger partial charge >= 0.3 is 0 Å². The van der Waals surface area contributed by atoms with Gasteiger partial charge in [0.25, 0.3) is 5.91 Å². The van der Waals surface area contributed by atoms with Crippen molar-refractivity contribution in [3.05, 3.63) is 21.4 Å². The van der Waals surface area contributed by atoms with Crippen LogP contribution in [-0.4, -0.2) is 29.2 Å². The minimum absolute atomic E-state index is 0.0242. The molecule has 1 aliphatic rings. The average Bonchev–Trinajstić information content (AvgIpc) is 2.87. The Morgan fingerprint density at radius 1 is 1.58 bits per heavy atom. The van der Waals surface area contributed by atoms with Crippen LogP contribution in [0.2, 0.25) is 0 Å². The molecule has 2 rings (SSSR count). The Labute approximate surface area is 120 Å². The highest BCUT2D eigenvalue weighted by Gasteiger charge is 2.17. The van der Waals surface area contributed by atoms with Gasteiger partial charge in [-0.2, -0.15) is 11.8 Å². The van der Waals surface area contributed by atoms with Crippen molar-refractivity contribution >= 4 is 34.8 Å². The lowest BCUT2D eigenvalue weighted by Gasteiger charge is -2.08. The summed E-state index contributed by atoms with van der Waals surface area (Å²) in [6.45, 7) is 0.534. The number of thioether (sulfide) groups is 1. The van der Waals surface area contributed by atoms with Crippen LogP contribution in [0.4, 0.5) is 0 Å². The molecule has 0 aliphatic carbocycles. The van der Waals surface area contributed by atoms with E-state index in [0.717, 1.165) is 22.8 Å². The number of rotatable bonds is 5. The molecule has 0 spiro atoms. The van der Waals surface area contributed by atoms with Gasteiger partial charge in [-0.05, 0) is 30.2 Å². The summed E-state index contributed by atoms with van der Waals surface area (Å²) in [5, 5.41) is 14.1. The second kappa shape index (κ2) is 6.81. The Morgan fingerprint density at radius 3 is 3.16 bits per heavy atom. The first kappa shape index (κ1) is 14.2. The number of carbonyl (C=O) groups excluding carboxylic acids is 1. The number of hydrogen-bond donors (Lipinski definition) is 3. The molecule has 1 aliphatic heterocycles. The highest BCUT2D eigenvalue weighted by molar-refractivity contribution is 7.98. The number of amidine groups is 1. The maximum Gasteiger partial charge on any atom is 0.261 e. The zero-order valence-electron chi connectivity index (χ0n) is 10.5. The maximum atomic E-state index is 12.0. The van der Waals surface area contributed by atoms with Gasteiger partial charge < -0.3 is 16.3 Å². The SMILES string of the molecule is NC(CCCNC(=O)c1cc2c(s1)CCSC2)=NO. The zero-order valence-corrected chi connectivity index (χ0v) is 12.1. The topological polar surface area (TPSA) is 87.7 Å². The molecule has 0 atom stereocenters. The Balaban J connectivity index is 1.81.